The monoisotopic (exact) mass is 1650 g/mol. The fraction of sp³-hybridized carbons (Fsp3) is 0.0263. The van der Waals surface area contributed by atoms with Crippen LogP contribution in [0.25, 0.3) is 203 Å². The number of nitrogens with zero attached hydrogens (tertiary/aromatic N) is 15. The zero-order chi connectivity index (χ0) is 85.8. The van der Waals surface area contributed by atoms with Gasteiger partial charge in [-0.15, -0.1) is 0 Å². The lowest BCUT2D eigenvalue weighted by atomic mass is 9.97. The van der Waals surface area contributed by atoms with E-state index in [1.165, 1.54) is 66.8 Å². The number of fused-ring (bicyclic) bond motifs is 9. The minimum absolute atomic E-state index is 0.621. The van der Waals surface area contributed by atoms with E-state index in [1.807, 2.05) is 213 Å². The van der Waals surface area contributed by atoms with Crippen molar-refractivity contribution in [2.45, 2.75) is 19.3 Å². The third-order valence-electron chi connectivity index (χ3n) is 23.7. The van der Waals surface area contributed by atoms with Gasteiger partial charge < -0.3 is 0 Å². The van der Waals surface area contributed by atoms with Gasteiger partial charge in [-0.3, -0.25) is 29.9 Å². The summed E-state index contributed by atoms with van der Waals surface area (Å²) in [5, 5.41) is 0. The van der Waals surface area contributed by atoms with Gasteiger partial charge in [0.2, 0.25) is 0 Å². The molecule has 0 radical (unpaired) electrons. The summed E-state index contributed by atoms with van der Waals surface area (Å²) >= 11 is 0. The second-order valence-corrected chi connectivity index (χ2v) is 31.8. The molecule has 129 heavy (non-hydrogen) atoms. The molecule has 15 heteroatoms. The Kier molecular flexibility index (Phi) is 20.9. The normalized spacial score (nSPS) is 11.6. The maximum absolute atomic E-state index is 5.02. The molecular formula is C114H75N15. The molecular weight excluding hydrogens is 1580 g/mol. The number of hydrogen-bond acceptors (Lipinski definition) is 15. The number of pyridine rings is 6. The fourth-order valence-electron chi connectivity index (χ4n) is 17.4. The van der Waals surface area contributed by atoms with E-state index in [2.05, 4.69) is 221 Å². The van der Waals surface area contributed by atoms with Gasteiger partial charge in [-0.1, -0.05) is 297 Å². The van der Waals surface area contributed by atoms with Gasteiger partial charge in [0.15, 0.2) is 52.4 Å². The van der Waals surface area contributed by atoms with Crippen LogP contribution in [0.3, 0.4) is 0 Å². The van der Waals surface area contributed by atoms with Crippen LogP contribution in [0, 0.1) is 0 Å². The largest absolute Gasteiger partial charge is 0.264 e. The lowest BCUT2D eigenvalue weighted by molar-refractivity contribution is 1.07. The molecule has 9 heterocycles. The molecule has 0 atom stereocenters. The molecule has 0 saturated carbocycles. The van der Waals surface area contributed by atoms with Gasteiger partial charge in [-0.05, 0) is 161 Å². The number of aromatic nitrogens is 15. The summed E-state index contributed by atoms with van der Waals surface area (Å²) in [5.74, 6) is 5.78. The van der Waals surface area contributed by atoms with Crippen molar-refractivity contribution in [3.63, 3.8) is 0 Å². The molecule has 24 rings (SSSR count). The van der Waals surface area contributed by atoms with Crippen LogP contribution >= 0.6 is 0 Å². The Hall–Kier alpha value is -17.4. The van der Waals surface area contributed by atoms with Gasteiger partial charge in [0.25, 0.3) is 0 Å². The third-order valence-corrected chi connectivity index (χ3v) is 23.7. The van der Waals surface area contributed by atoms with Crippen molar-refractivity contribution >= 4 is 0 Å². The van der Waals surface area contributed by atoms with E-state index in [1.54, 1.807) is 0 Å². The molecule has 12 aromatic carbocycles. The molecule has 0 N–H and O–H groups in total. The van der Waals surface area contributed by atoms with Crippen LogP contribution in [-0.4, -0.2) is 74.8 Å². The Morgan fingerprint density at radius 1 is 0.147 bits per heavy atom. The Morgan fingerprint density at radius 2 is 0.380 bits per heavy atom. The summed E-state index contributed by atoms with van der Waals surface area (Å²) in [6.45, 7) is 0. The average Bonchev–Trinajstić information content (AvgIpc) is 1.63. The van der Waals surface area contributed by atoms with Crippen molar-refractivity contribution < 1.29 is 0 Å². The van der Waals surface area contributed by atoms with Gasteiger partial charge in [0.1, 0.15) is 0 Å². The molecule has 0 fully saturated rings. The van der Waals surface area contributed by atoms with E-state index >= 15 is 0 Å². The molecule has 0 spiro atoms. The zero-order valence-electron chi connectivity index (χ0n) is 69.7. The van der Waals surface area contributed by atoms with E-state index in [0.29, 0.717) is 52.4 Å². The number of hydrogen-bond donors (Lipinski definition) is 0. The van der Waals surface area contributed by atoms with Crippen molar-refractivity contribution in [3.05, 3.63) is 453 Å². The van der Waals surface area contributed by atoms with Crippen LogP contribution in [-0.2, 0) is 19.3 Å². The molecule has 15 nitrogen and oxygen atoms in total. The molecule has 0 unspecified atom stereocenters. The Morgan fingerprint density at radius 3 is 0.736 bits per heavy atom. The minimum Gasteiger partial charge on any atom is -0.264 e. The first-order chi connectivity index (χ1) is 63.9. The van der Waals surface area contributed by atoms with Crippen molar-refractivity contribution in [1.29, 1.82) is 0 Å². The van der Waals surface area contributed by atoms with Gasteiger partial charge in [0, 0.05) is 147 Å². The van der Waals surface area contributed by atoms with Crippen LogP contribution in [0.15, 0.2) is 420 Å². The second kappa shape index (κ2) is 34.7. The van der Waals surface area contributed by atoms with Crippen LogP contribution in [0.1, 0.15) is 33.4 Å². The van der Waals surface area contributed by atoms with E-state index in [9.17, 15) is 0 Å². The van der Waals surface area contributed by atoms with Gasteiger partial charge in [0.05, 0.1) is 17.1 Å². The summed E-state index contributed by atoms with van der Waals surface area (Å²) in [6.07, 6.45) is 19.7. The summed E-state index contributed by atoms with van der Waals surface area (Å²) in [4.78, 5) is 71.7. The molecule has 0 bridgehead atoms. The first kappa shape index (κ1) is 77.6. The van der Waals surface area contributed by atoms with Crippen LogP contribution in [0.4, 0.5) is 0 Å². The maximum Gasteiger partial charge on any atom is 0.164 e. The SMILES string of the molecule is c1ccc(-c2cccc(-c3nc(-c4ccccc4)nc(-c4cccc(-c5nccc6c5Cc5ccncc5-6)c4)n3)c2)cc1.c1ccc(-c2nc(-c3ccccc3)nc(-c3cccc(-c4ccc(-c5nccc6c5Cc5cnccc5-6)cc4)c3)n2)cc1.c1ccc(-c2nc(-c3ccccc3)nc(-c3cccc(-c4cccc(-c5nccc6c5Cc5cnccc5-6)c4)c3)n2)cc1. The van der Waals surface area contributed by atoms with Crippen LogP contribution in [0.2, 0.25) is 0 Å². The summed E-state index contributed by atoms with van der Waals surface area (Å²) in [7, 11) is 0. The molecule has 0 amide bonds. The topological polar surface area (TPSA) is 193 Å². The summed E-state index contributed by atoms with van der Waals surface area (Å²) in [6, 6.07) is 124. The van der Waals surface area contributed by atoms with Crippen LogP contribution < -0.4 is 0 Å². The zero-order valence-corrected chi connectivity index (χ0v) is 69.7. The molecule has 3 aliphatic carbocycles. The van der Waals surface area contributed by atoms with Gasteiger partial charge >= 0.3 is 0 Å². The predicted octanol–water partition coefficient (Wildman–Crippen LogP) is 25.7. The molecule has 606 valence electrons. The van der Waals surface area contributed by atoms with E-state index in [0.717, 1.165) is 136 Å². The second-order valence-electron chi connectivity index (χ2n) is 31.8. The highest BCUT2D eigenvalue weighted by atomic mass is 15.1. The fourth-order valence-corrected chi connectivity index (χ4v) is 17.4. The number of benzene rings is 12. The summed E-state index contributed by atoms with van der Waals surface area (Å²) in [5.41, 5.74) is 36.3. The average molecular weight is 1650 g/mol. The van der Waals surface area contributed by atoms with Crippen molar-refractivity contribution in [2.24, 2.45) is 0 Å². The molecule has 0 aliphatic heterocycles. The first-order valence-corrected chi connectivity index (χ1v) is 42.9. The third kappa shape index (κ3) is 16.0. The maximum atomic E-state index is 5.02. The highest BCUT2D eigenvalue weighted by Crippen LogP contribution is 2.45. The van der Waals surface area contributed by atoms with Gasteiger partial charge in [-0.2, -0.15) is 0 Å². The van der Waals surface area contributed by atoms with Crippen molar-refractivity contribution in [2.75, 3.05) is 0 Å². The predicted molar refractivity (Wildman–Crippen MR) is 513 cm³/mol. The van der Waals surface area contributed by atoms with E-state index in [-0.39, 0.29) is 0 Å². The van der Waals surface area contributed by atoms with Gasteiger partial charge in [-0.25, -0.2) is 44.9 Å². The van der Waals surface area contributed by atoms with Crippen LogP contribution in [0.5, 0.6) is 0 Å². The summed E-state index contributed by atoms with van der Waals surface area (Å²) < 4.78 is 0. The lowest BCUT2D eigenvalue weighted by Crippen LogP contribution is -2.00. The highest BCUT2D eigenvalue weighted by Gasteiger charge is 2.28. The standard InChI is InChI=1S/3C38H25N5/c1-3-9-25(10-4-1)36-41-37(26-11-5-2-6-12-26)43-38(42-36)30-16-8-14-28(22-30)27-13-7-15-29(21-27)35-34-23-31-24-39-19-17-32(31)33(34)18-20-40-35;1-3-9-25(10-4-1)27-13-7-15-30(21-27)37-41-36(26-11-5-2-6-12-26)42-38(43-37)31-16-8-14-29(22-31)35-33-23-28-17-19-39-24-34(28)32(33)18-20-40-35;1-3-8-27(9-4-1)36-41-37(28-10-5-2-6-11-28)43-38(42-36)30-13-7-12-29(22-30)25-14-16-26(17-15-25)35-34-23-31-24-39-20-18-32(31)33(34)19-21-40-35/h3*1-22,24H,23H2. The minimum atomic E-state index is 0.621. The first-order valence-electron chi connectivity index (χ1n) is 42.9. The number of rotatable bonds is 15. The molecule has 0 saturated heterocycles. The molecule has 3 aliphatic rings. The van der Waals surface area contributed by atoms with E-state index in [4.69, 9.17) is 59.8 Å². The lowest BCUT2D eigenvalue weighted by Gasteiger charge is -2.11. The van der Waals surface area contributed by atoms with Crippen molar-refractivity contribution in [3.8, 4) is 203 Å². The Labute approximate surface area is 745 Å². The highest BCUT2D eigenvalue weighted by molar-refractivity contribution is 5.88. The Bertz CT molecular complexity index is 7640. The molecule has 21 aromatic rings. The molecule has 9 aromatic heterocycles. The van der Waals surface area contributed by atoms with Crippen molar-refractivity contribution in [1.82, 2.24) is 74.8 Å². The van der Waals surface area contributed by atoms with E-state index < -0.39 is 0 Å². The smallest absolute Gasteiger partial charge is 0.164 e. The quantitative estimate of drug-likeness (QED) is 0.0940. The Balaban J connectivity index is 0.000000114.